The van der Waals surface area contributed by atoms with Crippen LogP contribution in [0.3, 0.4) is 0 Å². The first-order valence-corrected chi connectivity index (χ1v) is 20.4. The van der Waals surface area contributed by atoms with Gasteiger partial charge < -0.3 is 48.3 Å². The third kappa shape index (κ3) is 11.5. The molecule has 5 aromatic rings. The topological polar surface area (TPSA) is 115 Å². The van der Waals surface area contributed by atoms with Crippen molar-refractivity contribution < 1.29 is 43.4 Å². The minimum Gasteiger partial charge on any atom is -0.497 e. The summed E-state index contributed by atoms with van der Waals surface area (Å²) < 4.78 is 39.6. The van der Waals surface area contributed by atoms with Crippen molar-refractivity contribution in [3.63, 3.8) is 0 Å². The van der Waals surface area contributed by atoms with Crippen molar-refractivity contribution in [2.45, 2.75) is 62.9 Å². The van der Waals surface area contributed by atoms with Gasteiger partial charge in [0.05, 0.1) is 20.3 Å². The van der Waals surface area contributed by atoms with Gasteiger partial charge in [-0.05, 0) is 95.1 Å². The molecule has 0 radical (unpaired) electrons. The second kappa shape index (κ2) is 18.8. The highest BCUT2D eigenvalue weighted by Gasteiger charge is 2.27. The van der Waals surface area contributed by atoms with Crippen LogP contribution in [0.1, 0.15) is 49.9 Å². The van der Waals surface area contributed by atoms with Crippen LogP contribution in [0.25, 0.3) is 0 Å². The van der Waals surface area contributed by atoms with Crippen molar-refractivity contribution in [2.24, 2.45) is 0 Å². The van der Waals surface area contributed by atoms with Gasteiger partial charge in [0, 0.05) is 29.6 Å². The average molecular weight is 804 g/mol. The van der Waals surface area contributed by atoms with Gasteiger partial charge in [-0.1, -0.05) is 76.2 Å². The van der Waals surface area contributed by atoms with E-state index in [0.717, 1.165) is 47.3 Å². The Hall–Kier alpha value is -5.26. The number of aliphatic hydroxyl groups excluding tert-OH is 2. The smallest absolute Gasteiger partial charge is 0.119 e. The fourth-order valence-electron chi connectivity index (χ4n) is 6.99. The maximum atomic E-state index is 11.2. The number of epoxide rings is 2. The summed E-state index contributed by atoms with van der Waals surface area (Å²) in [7, 11) is 1.62. The third-order valence-electron chi connectivity index (χ3n) is 11.2. The molecule has 2 aliphatic rings. The molecule has 10 nitrogen and oxygen atoms in total. The van der Waals surface area contributed by atoms with Gasteiger partial charge in [-0.3, -0.25) is 0 Å². The Morgan fingerprint density at radius 2 is 0.814 bits per heavy atom. The highest BCUT2D eigenvalue weighted by molar-refractivity contribution is 5.50. The Balaban J connectivity index is 0.909. The second-order valence-electron chi connectivity index (χ2n) is 16.4. The number of aliphatic hydroxyl groups is 2. The Labute approximate surface area is 348 Å². The van der Waals surface area contributed by atoms with Crippen LogP contribution in [-0.4, -0.2) is 94.5 Å². The van der Waals surface area contributed by atoms with Crippen molar-refractivity contribution in [3.8, 4) is 28.7 Å². The zero-order chi connectivity index (χ0) is 41.4. The molecule has 59 heavy (non-hydrogen) atoms. The number of ether oxygens (including phenoxy) is 7. The number of hydrogen-bond donors (Lipinski definition) is 2. The minimum atomic E-state index is -0.842. The van der Waals surface area contributed by atoms with Gasteiger partial charge in [0.1, 0.15) is 79.6 Å². The molecule has 0 bridgehead atoms. The van der Waals surface area contributed by atoms with E-state index in [4.69, 9.17) is 33.2 Å². The summed E-state index contributed by atoms with van der Waals surface area (Å²) in [6, 6.07) is 40.0. The van der Waals surface area contributed by atoms with Crippen LogP contribution < -0.4 is 28.6 Å². The van der Waals surface area contributed by atoms with Crippen LogP contribution in [0.2, 0.25) is 0 Å². The highest BCUT2D eigenvalue weighted by atomic mass is 16.6. The normalized spacial score (nSPS) is 17.1. The van der Waals surface area contributed by atoms with Gasteiger partial charge in [-0.15, -0.1) is 0 Å². The molecule has 4 atom stereocenters. The number of nitrogens with zero attached hydrogens (tertiary/aromatic N) is 1. The standard InChI is InChI=1S/C49H57NO9/c1-48(2,36-10-20-44(21-11-36)56-30-46-32-58-46)34-6-16-42(17-7-34)54-28-39(51)26-50(38-14-24-41(53-5)25-15-38)27-40(52)29-55-43-18-8-35(9-19-43)49(3,4)37-12-22-45(23-13-37)57-31-47-33-59-47/h6-25,39-40,46-47,51-52H,26-33H2,1-5H3. The average Bonchev–Trinajstić information content (AvgIpc) is 4.21. The molecule has 2 saturated heterocycles. The first-order valence-electron chi connectivity index (χ1n) is 20.4. The Kier molecular flexibility index (Phi) is 13.3. The van der Waals surface area contributed by atoms with E-state index in [9.17, 15) is 10.2 Å². The predicted molar refractivity (Wildman–Crippen MR) is 229 cm³/mol. The van der Waals surface area contributed by atoms with E-state index in [1.165, 1.54) is 11.1 Å². The molecular formula is C49H57NO9. The molecule has 2 N–H and O–H groups in total. The van der Waals surface area contributed by atoms with E-state index in [-0.39, 0.29) is 49.3 Å². The lowest BCUT2D eigenvalue weighted by atomic mass is 9.78. The number of benzene rings is 5. The molecule has 5 aromatic carbocycles. The van der Waals surface area contributed by atoms with Crippen LogP contribution in [0.4, 0.5) is 5.69 Å². The molecule has 2 fully saturated rings. The molecule has 2 aliphatic heterocycles. The zero-order valence-electron chi connectivity index (χ0n) is 34.7. The fraction of sp³-hybridized carbons (Fsp3) is 0.388. The Morgan fingerprint density at radius 3 is 1.12 bits per heavy atom. The van der Waals surface area contributed by atoms with E-state index in [1.54, 1.807) is 7.11 Å². The molecule has 0 amide bonds. The first-order chi connectivity index (χ1) is 28.5. The van der Waals surface area contributed by atoms with Crippen molar-refractivity contribution in [3.05, 3.63) is 144 Å². The maximum absolute atomic E-state index is 11.2. The molecule has 7 rings (SSSR count). The molecule has 0 spiro atoms. The maximum Gasteiger partial charge on any atom is 0.119 e. The molecule has 4 unspecified atom stereocenters. The van der Waals surface area contributed by atoms with Crippen LogP contribution in [-0.2, 0) is 20.3 Å². The van der Waals surface area contributed by atoms with Gasteiger partial charge in [0.15, 0.2) is 0 Å². The third-order valence-corrected chi connectivity index (χ3v) is 11.2. The van der Waals surface area contributed by atoms with Gasteiger partial charge in [-0.2, -0.15) is 0 Å². The summed E-state index contributed by atoms with van der Waals surface area (Å²) in [4.78, 5) is 1.94. The number of rotatable bonds is 22. The lowest BCUT2D eigenvalue weighted by molar-refractivity contribution is 0.0954. The molecule has 0 saturated carbocycles. The zero-order valence-corrected chi connectivity index (χ0v) is 34.7. The van der Waals surface area contributed by atoms with Crippen LogP contribution >= 0.6 is 0 Å². The van der Waals surface area contributed by atoms with E-state index in [1.807, 2.05) is 77.7 Å². The van der Waals surface area contributed by atoms with Crippen molar-refractivity contribution in [1.82, 2.24) is 0 Å². The SMILES string of the molecule is COc1ccc(N(CC(O)COc2ccc(C(C)(C)c3ccc(OCC4CO4)cc3)cc2)CC(O)COc2ccc(C(C)(C)c3ccc(OCC4CO4)cc3)cc2)cc1. The monoisotopic (exact) mass is 803 g/mol. The van der Waals surface area contributed by atoms with Gasteiger partial charge in [-0.25, -0.2) is 0 Å². The van der Waals surface area contributed by atoms with Crippen molar-refractivity contribution in [1.29, 1.82) is 0 Å². The lowest BCUT2D eigenvalue weighted by Gasteiger charge is -2.30. The van der Waals surface area contributed by atoms with Crippen LogP contribution in [0.15, 0.2) is 121 Å². The first kappa shape index (κ1) is 41.9. The predicted octanol–water partition coefficient (Wildman–Crippen LogP) is 7.59. The van der Waals surface area contributed by atoms with Gasteiger partial charge in [0.25, 0.3) is 0 Å². The number of methoxy groups -OCH3 is 1. The molecule has 312 valence electrons. The van der Waals surface area contributed by atoms with Gasteiger partial charge >= 0.3 is 0 Å². The summed E-state index contributed by atoms with van der Waals surface area (Å²) in [5.41, 5.74) is 4.97. The summed E-state index contributed by atoms with van der Waals surface area (Å²) in [5, 5.41) is 22.4. The molecule has 0 aliphatic carbocycles. The Bertz CT molecular complexity index is 1920. The summed E-state index contributed by atoms with van der Waals surface area (Å²) >= 11 is 0. The molecule has 2 heterocycles. The summed E-state index contributed by atoms with van der Waals surface area (Å²) in [6.45, 7) is 12.1. The van der Waals surface area contributed by atoms with Crippen molar-refractivity contribution >= 4 is 5.69 Å². The van der Waals surface area contributed by atoms with Gasteiger partial charge in [0.2, 0.25) is 0 Å². The lowest BCUT2D eigenvalue weighted by Crippen LogP contribution is -2.41. The summed E-state index contributed by atoms with van der Waals surface area (Å²) in [5.74, 6) is 3.72. The van der Waals surface area contributed by atoms with Crippen LogP contribution in [0.5, 0.6) is 28.7 Å². The molecule has 0 aromatic heterocycles. The number of hydrogen-bond acceptors (Lipinski definition) is 10. The van der Waals surface area contributed by atoms with Crippen LogP contribution in [0, 0.1) is 0 Å². The Morgan fingerprint density at radius 1 is 0.508 bits per heavy atom. The fourth-order valence-corrected chi connectivity index (χ4v) is 6.99. The minimum absolute atomic E-state index is 0.0752. The van der Waals surface area contributed by atoms with E-state index in [2.05, 4.69) is 76.2 Å². The van der Waals surface area contributed by atoms with E-state index < -0.39 is 12.2 Å². The van der Waals surface area contributed by atoms with E-state index >= 15 is 0 Å². The van der Waals surface area contributed by atoms with E-state index in [0.29, 0.717) is 24.7 Å². The molecule has 10 heteroatoms. The highest BCUT2D eigenvalue weighted by Crippen LogP contribution is 2.35. The number of anilines is 1. The quantitative estimate of drug-likeness (QED) is 0.0679. The largest absolute Gasteiger partial charge is 0.497 e. The second-order valence-corrected chi connectivity index (χ2v) is 16.4. The van der Waals surface area contributed by atoms with Crippen molar-refractivity contribution in [2.75, 3.05) is 64.7 Å². The summed E-state index contributed by atoms with van der Waals surface area (Å²) in [6.07, 6.45) is -1.24. The molecular weight excluding hydrogens is 747 g/mol.